The molecule has 3 nitrogen and oxygen atoms in total. The van der Waals surface area contributed by atoms with Crippen LogP contribution in [0.5, 0.6) is 0 Å². The van der Waals surface area contributed by atoms with Gasteiger partial charge in [0.1, 0.15) is 6.10 Å². The third-order valence-electron chi connectivity index (χ3n) is 2.64. The molecular weight excluding hydrogens is 210 g/mol. The molecule has 1 heterocycles. The summed E-state index contributed by atoms with van der Waals surface area (Å²) in [5, 5.41) is 2.96. The molecule has 1 aliphatic carbocycles. The summed E-state index contributed by atoms with van der Waals surface area (Å²) in [5.41, 5.74) is 0.880. The fourth-order valence-electron chi connectivity index (χ4n) is 1.75. The zero-order chi connectivity index (χ0) is 10.8. The largest absolute Gasteiger partial charge is 0.373 e. The maximum atomic E-state index is 11.9. The van der Waals surface area contributed by atoms with Gasteiger partial charge in [-0.25, -0.2) is 4.98 Å². The van der Waals surface area contributed by atoms with E-state index >= 15 is 0 Å². The van der Waals surface area contributed by atoms with Crippen LogP contribution in [0.15, 0.2) is 5.38 Å². The SMILES string of the molecule is COC(C(=O)Cc1csc(C)n1)C1CC1. The van der Waals surface area contributed by atoms with E-state index in [0.717, 1.165) is 23.5 Å². The molecule has 0 aromatic carbocycles. The summed E-state index contributed by atoms with van der Waals surface area (Å²) in [6.07, 6.45) is 2.46. The summed E-state index contributed by atoms with van der Waals surface area (Å²) in [5.74, 6) is 0.632. The molecule has 4 heteroatoms. The topological polar surface area (TPSA) is 39.2 Å². The van der Waals surface area contributed by atoms with Crippen molar-refractivity contribution in [2.45, 2.75) is 32.3 Å². The van der Waals surface area contributed by atoms with Crippen LogP contribution in [0, 0.1) is 12.8 Å². The zero-order valence-electron chi connectivity index (χ0n) is 9.03. The predicted molar refractivity (Wildman–Crippen MR) is 59.1 cm³/mol. The first-order chi connectivity index (χ1) is 7.20. The van der Waals surface area contributed by atoms with Gasteiger partial charge in [-0.15, -0.1) is 11.3 Å². The van der Waals surface area contributed by atoms with Crippen molar-refractivity contribution < 1.29 is 9.53 Å². The highest BCUT2D eigenvalue weighted by atomic mass is 32.1. The molecule has 1 aromatic heterocycles. The number of methoxy groups -OCH3 is 1. The van der Waals surface area contributed by atoms with E-state index in [4.69, 9.17) is 4.74 Å². The first-order valence-electron chi connectivity index (χ1n) is 5.17. The lowest BCUT2D eigenvalue weighted by atomic mass is 10.1. The van der Waals surface area contributed by atoms with Crippen molar-refractivity contribution in [3.63, 3.8) is 0 Å². The molecule has 0 spiro atoms. The molecule has 0 amide bonds. The van der Waals surface area contributed by atoms with Gasteiger partial charge in [0.15, 0.2) is 5.78 Å². The first-order valence-corrected chi connectivity index (χ1v) is 6.05. The molecule has 1 aromatic rings. The van der Waals surface area contributed by atoms with Crippen LogP contribution in [0.25, 0.3) is 0 Å². The Labute approximate surface area is 93.5 Å². The lowest BCUT2D eigenvalue weighted by Crippen LogP contribution is -2.26. The van der Waals surface area contributed by atoms with Gasteiger partial charge in [-0.05, 0) is 25.7 Å². The minimum absolute atomic E-state index is 0.172. The van der Waals surface area contributed by atoms with Crippen LogP contribution in [0.3, 0.4) is 0 Å². The first kappa shape index (κ1) is 10.8. The highest BCUT2D eigenvalue weighted by molar-refractivity contribution is 7.09. The van der Waals surface area contributed by atoms with Crippen LogP contribution in [0.4, 0.5) is 0 Å². The maximum absolute atomic E-state index is 11.9. The number of nitrogens with zero attached hydrogens (tertiary/aromatic N) is 1. The Morgan fingerprint density at radius 2 is 2.47 bits per heavy atom. The van der Waals surface area contributed by atoms with Crippen LogP contribution >= 0.6 is 11.3 Å². The normalized spacial score (nSPS) is 17.7. The number of ether oxygens (including phenoxy) is 1. The minimum Gasteiger partial charge on any atom is -0.373 e. The van der Waals surface area contributed by atoms with Crippen LogP contribution in [-0.4, -0.2) is 24.0 Å². The summed E-state index contributed by atoms with van der Waals surface area (Å²) in [7, 11) is 1.62. The van der Waals surface area contributed by atoms with Gasteiger partial charge in [0.2, 0.25) is 0 Å². The third kappa shape index (κ3) is 2.63. The molecular formula is C11H15NO2S. The van der Waals surface area contributed by atoms with Gasteiger partial charge >= 0.3 is 0 Å². The molecule has 1 unspecified atom stereocenters. The summed E-state index contributed by atoms with van der Waals surface area (Å²) in [4.78, 5) is 16.2. The highest BCUT2D eigenvalue weighted by Crippen LogP contribution is 2.34. The Morgan fingerprint density at radius 3 is 2.93 bits per heavy atom. The standard InChI is InChI=1S/C11H15NO2S/c1-7-12-9(6-15-7)5-10(13)11(14-2)8-3-4-8/h6,8,11H,3-5H2,1-2H3. The molecule has 1 saturated carbocycles. The van der Waals surface area contributed by atoms with E-state index in [1.165, 1.54) is 0 Å². The Bertz CT molecular complexity index is 357. The number of carbonyl (C=O) groups is 1. The van der Waals surface area contributed by atoms with Crippen molar-refractivity contribution in [1.82, 2.24) is 4.98 Å². The van der Waals surface area contributed by atoms with Gasteiger partial charge in [0, 0.05) is 12.5 Å². The van der Waals surface area contributed by atoms with E-state index in [1.807, 2.05) is 12.3 Å². The lowest BCUT2D eigenvalue weighted by molar-refractivity contribution is -0.129. The van der Waals surface area contributed by atoms with E-state index in [2.05, 4.69) is 4.98 Å². The Morgan fingerprint density at radius 1 is 1.73 bits per heavy atom. The molecule has 1 aliphatic rings. The average Bonchev–Trinajstić information content (AvgIpc) is 2.93. The number of Topliss-reactive ketones (excluding diaryl/α,β-unsaturated/α-hetero) is 1. The number of hydrogen-bond acceptors (Lipinski definition) is 4. The van der Waals surface area contributed by atoms with Gasteiger partial charge in [0.25, 0.3) is 0 Å². The van der Waals surface area contributed by atoms with Gasteiger partial charge in [0.05, 0.1) is 17.1 Å². The van der Waals surface area contributed by atoms with Crippen LogP contribution in [-0.2, 0) is 16.0 Å². The van der Waals surface area contributed by atoms with Crippen LogP contribution < -0.4 is 0 Å². The fraction of sp³-hybridized carbons (Fsp3) is 0.636. The number of aryl methyl sites for hydroxylation is 1. The summed E-state index contributed by atoms with van der Waals surface area (Å²) < 4.78 is 5.24. The number of hydrogen-bond donors (Lipinski definition) is 0. The second-order valence-electron chi connectivity index (χ2n) is 3.99. The van der Waals surface area contributed by atoms with E-state index < -0.39 is 0 Å². The number of thiazole rings is 1. The van der Waals surface area contributed by atoms with E-state index in [0.29, 0.717) is 12.3 Å². The second-order valence-corrected chi connectivity index (χ2v) is 5.06. The molecule has 0 radical (unpaired) electrons. The molecule has 15 heavy (non-hydrogen) atoms. The molecule has 1 atom stereocenters. The third-order valence-corrected chi connectivity index (χ3v) is 3.47. The van der Waals surface area contributed by atoms with E-state index in [-0.39, 0.29) is 11.9 Å². The maximum Gasteiger partial charge on any atom is 0.167 e. The van der Waals surface area contributed by atoms with Crippen molar-refractivity contribution in [3.8, 4) is 0 Å². The van der Waals surface area contributed by atoms with Gasteiger partial charge in [-0.3, -0.25) is 4.79 Å². The molecule has 0 bridgehead atoms. The lowest BCUT2D eigenvalue weighted by Gasteiger charge is -2.11. The van der Waals surface area contributed by atoms with Crippen molar-refractivity contribution >= 4 is 17.1 Å². The van der Waals surface area contributed by atoms with Crippen LogP contribution in [0.2, 0.25) is 0 Å². The molecule has 1 fully saturated rings. The van der Waals surface area contributed by atoms with Crippen LogP contribution in [0.1, 0.15) is 23.5 Å². The summed E-state index contributed by atoms with van der Waals surface area (Å²) in [6, 6.07) is 0. The van der Waals surface area contributed by atoms with Crippen molar-refractivity contribution in [2.24, 2.45) is 5.92 Å². The Kier molecular flexibility index (Phi) is 3.17. The van der Waals surface area contributed by atoms with E-state index in [1.54, 1.807) is 18.4 Å². The van der Waals surface area contributed by atoms with Crippen molar-refractivity contribution in [1.29, 1.82) is 0 Å². The second kappa shape index (κ2) is 4.41. The zero-order valence-corrected chi connectivity index (χ0v) is 9.84. The summed E-state index contributed by atoms with van der Waals surface area (Å²) in [6.45, 7) is 1.95. The number of rotatable bonds is 5. The van der Waals surface area contributed by atoms with Gasteiger partial charge in [-0.1, -0.05) is 0 Å². The number of ketones is 1. The Balaban J connectivity index is 1.95. The Hall–Kier alpha value is -0.740. The number of carbonyl (C=O) groups excluding carboxylic acids is 1. The highest BCUT2D eigenvalue weighted by Gasteiger charge is 2.36. The smallest absolute Gasteiger partial charge is 0.167 e. The average molecular weight is 225 g/mol. The van der Waals surface area contributed by atoms with Gasteiger partial charge in [-0.2, -0.15) is 0 Å². The molecule has 0 saturated heterocycles. The molecule has 0 N–H and O–H groups in total. The predicted octanol–water partition coefficient (Wildman–Crippen LogP) is 1.99. The van der Waals surface area contributed by atoms with E-state index in [9.17, 15) is 4.79 Å². The van der Waals surface area contributed by atoms with Crippen molar-refractivity contribution in [2.75, 3.05) is 7.11 Å². The minimum atomic E-state index is -0.202. The fourth-order valence-corrected chi connectivity index (χ4v) is 2.37. The number of aromatic nitrogens is 1. The molecule has 0 aliphatic heterocycles. The quantitative estimate of drug-likeness (QED) is 0.769. The summed E-state index contributed by atoms with van der Waals surface area (Å²) >= 11 is 1.59. The van der Waals surface area contributed by atoms with Crippen molar-refractivity contribution in [3.05, 3.63) is 16.1 Å². The molecule has 2 rings (SSSR count). The molecule has 82 valence electrons. The van der Waals surface area contributed by atoms with Gasteiger partial charge < -0.3 is 4.74 Å². The monoisotopic (exact) mass is 225 g/mol.